The highest BCUT2D eigenvalue weighted by Crippen LogP contribution is 2.21. The van der Waals surface area contributed by atoms with Crippen LogP contribution in [0, 0.1) is 18.7 Å². The van der Waals surface area contributed by atoms with Crippen molar-refractivity contribution < 1.29 is 14.0 Å². The van der Waals surface area contributed by atoms with Crippen LogP contribution in [-0.4, -0.2) is 35.1 Å². The topological polar surface area (TPSA) is 49.4 Å². The predicted octanol–water partition coefficient (Wildman–Crippen LogP) is 5.20. The Balaban J connectivity index is 2.10. The second kappa shape index (κ2) is 12.5. The summed E-state index contributed by atoms with van der Waals surface area (Å²) in [5.41, 5.74) is 2.00. The number of halogens is 1. The van der Waals surface area contributed by atoms with Gasteiger partial charge in [-0.05, 0) is 49.1 Å². The van der Waals surface area contributed by atoms with E-state index in [1.807, 2.05) is 27.7 Å². The van der Waals surface area contributed by atoms with Gasteiger partial charge in [-0.2, -0.15) is 0 Å². The van der Waals surface area contributed by atoms with Crippen LogP contribution in [0.15, 0.2) is 53.4 Å². The second-order valence-electron chi connectivity index (χ2n) is 8.12. The number of aryl methyl sites for hydroxylation is 1. The van der Waals surface area contributed by atoms with Crippen LogP contribution in [0.25, 0.3) is 0 Å². The van der Waals surface area contributed by atoms with Crippen molar-refractivity contribution in [2.45, 2.75) is 58.0 Å². The van der Waals surface area contributed by atoms with Crippen LogP contribution >= 0.6 is 11.8 Å². The highest BCUT2D eigenvalue weighted by molar-refractivity contribution is 7.99. The highest BCUT2D eigenvalue weighted by Gasteiger charge is 2.28. The van der Waals surface area contributed by atoms with Crippen LogP contribution in [0.1, 0.15) is 44.7 Å². The van der Waals surface area contributed by atoms with Crippen molar-refractivity contribution in [1.29, 1.82) is 0 Å². The lowest BCUT2D eigenvalue weighted by Gasteiger charge is -2.31. The molecular formula is C25H33FN2O2S. The minimum Gasteiger partial charge on any atom is -0.354 e. The Hall–Kier alpha value is -2.34. The third kappa shape index (κ3) is 8.37. The van der Waals surface area contributed by atoms with Gasteiger partial charge in [0.25, 0.3) is 0 Å². The maximum atomic E-state index is 13.3. The number of nitrogens with one attached hydrogen (secondary N) is 1. The molecule has 0 fully saturated rings. The van der Waals surface area contributed by atoms with E-state index in [0.717, 1.165) is 10.5 Å². The van der Waals surface area contributed by atoms with E-state index >= 15 is 0 Å². The molecule has 1 N–H and O–H groups in total. The number of hydrogen-bond acceptors (Lipinski definition) is 3. The van der Waals surface area contributed by atoms with Gasteiger partial charge in [0.05, 0.1) is 0 Å². The van der Waals surface area contributed by atoms with Crippen LogP contribution in [-0.2, 0) is 16.1 Å². The Bertz CT molecular complexity index is 838. The van der Waals surface area contributed by atoms with Gasteiger partial charge in [-0.3, -0.25) is 9.59 Å². The van der Waals surface area contributed by atoms with E-state index < -0.39 is 6.04 Å². The quantitative estimate of drug-likeness (QED) is 0.485. The maximum Gasteiger partial charge on any atom is 0.242 e. The van der Waals surface area contributed by atoms with Gasteiger partial charge in [-0.15, -0.1) is 11.8 Å². The summed E-state index contributed by atoms with van der Waals surface area (Å²) >= 11 is 1.63. The average Bonchev–Trinajstić information content (AvgIpc) is 2.74. The minimum absolute atomic E-state index is 0.0736. The number of nitrogens with zero attached hydrogens (tertiary/aromatic N) is 1. The Morgan fingerprint density at radius 3 is 2.29 bits per heavy atom. The molecule has 0 aliphatic rings. The molecule has 2 amide bonds. The lowest BCUT2D eigenvalue weighted by molar-refractivity contribution is -0.141. The van der Waals surface area contributed by atoms with Gasteiger partial charge in [0.2, 0.25) is 11.8 Å². The van der Waals surface area contributed by atoms with Crippen LogP contribution < -0.4 is 5.32 Å². The molecule has 0 saturated carbocycles. The van der Waals surface area contributed by atoms with Gasteiger partial charge >= 0.3 is 0 Å². The van der Waals surface area contributed by atoms with Gasteiger partial charge in [0, 0.05) is 30.2 Å². The zero-order chi connectivity index (χ0) is 22.8. The number of rotatable bonds is 11. The van der Waals surface area contributed by atoms with Crippen molar-refractivity contribution in [2.75, 3.05) is 12.3 Å². The van der Waals surface area contributed by atoms with Crippen molar-refractivity contribution in [3.63, 3.8) is 0 Å². The first-order valence-electron chi connectivity index (χ1n) is 10.8. The molecule has 0 saturated heterocycles. The third-order valence-electron chi connectivity index (χ3n) is 4.94. The summed E-state index contributed by atoms with van der Waals surface area (Å²) in [6.45, 7) is 8.86. The molecule has 2 rings (SSSR count). The van der Waals surface area contributed by atoms with E-state index in [1.54, 1.807) is 28.8 Å². The van der Waals surface area contributed by atoms with E-state index in [4.69, 9.17) is 0 Å². The first kappa shape index (κ1) is 24.9. The third-order valence-corrected chi connectivity index (χ3v) is 5.96. The molecule has 0 spiro atoms. The minimum atomic E-state index is -0.555. The van der Waals surface area contributed by atoms with Crippen molar-refractivity contribution >= 4 is 23.6 Å². The molecule has 168 valence electrons. The summed E-state index contributed by atoms with van der Waals surface area (Å²) in [5, 5.41) is 2.95. The Labute approximate surface area is 189 Å². The molecule has 1 atom stereocenters. The van der Waals surface area contributed by atoms with Crippen LogP contribution in [0.5, 0.6) is 0 Å². The first-order valence-corrected chi connectivity index (χ1v) is 11.8. The normalized spacial score (nSPS) is 11.9. The first-order chi connectivity index (χ1) is 14.8. The largest absolute Gasteiger partial charge is 0.354 e. The number of amides is 2. The lowest BCUT2D eigenvalue weighted by Crippen LogP contribution is -2.49. The molecule has 0 bridgehead atoms. The van der Waals surface area contributed by atoms with E-state index in [1.165, 1.54) is 17.7 Å². The number of benzene rings is 2. The zero-order valence-electron chi connectivity index (χ0n) is 18.9. The van der Waals surface area contributed by atoms with E-state index in [-0.39, 0.29) is 24.2 Å². The lowest BCUT2D eigenvalue weighted by atomic mass is 10.1. The second-order valence-corrected chi connectivity index (χ2v) is 9.29. The van der Waals surface area contributed by atoms with Crippen LogP contribution in [0.4, 0.5) is 4.39 Å². The fraction of sp³-hybridized carbons (Fsp3) is 0.440. The highest BCUT2D eigenvalue weighted by atomic mass is 32.2. The summed E-state index contributed by atoms with van der Waals surface area (Å²) in [4.78, 5) is 28.7. The summed E-state index contributed by atoms with van der Waals surface area (Å²) in [6, 6.07) is 13.7. The molecule has 2 aromatic carbocycles. The number of thioether (sulfide) groups is 1. The maximum absolute atomic E-state index is 13.3. The van der Waals surface area contributed by atoms with Crippen LogP contribution in [0.2, 0.25) is 0 Å². The smallest absolute Gasteiger partial charge is 0.242 e. The molecule has 4 nitrogen and oxygen atoms in total. The van der Waals surface area contributed by atoms with Gasteiger partial charge in [-0.25, -0.2) is 4.39 Å². The molecule has 0 aromatic heterocycles. The molecule has 0 radical (unpaired) electrons. The van der Waals surface area contributed by atoms with E-state index in [2.05, 4.69) is 29.6 Å². The fourth-order valence-electron chi connectivity index (χ4n) is 3.16. The molecule has 0 unspecified atom stereocenters. The SMILES string of the molecule is CC[C@@H](C(=O)NCC(C)C)N(Cc1ccc(F)cc1)C(=O)CCSc1ccc(C)cc1. The van der Waals surface area contributed by atoms with Crippen molar-refractivity contribution in [2.24, 2.45) is 5.92 Å². The molecule has 0 heterocycles. The molecule has 31 heavy (non-hydrogen) atoms. The molecular weight excluding hydrogens is 411 g/mol. The number of hydrogen-bond donors (Lipinski definition) is 1. The van der Waals surface area contributed by atoms with Gasteiger partial charge in [0.15, 0.2) is 0 Å². The standard InChI is InChI=1S/C25H33FN2O2S/c1-5-23(25(30)27-16-18(2)3)28(17-20-8-10-21(26)11-9-20)24(29)14-15-31-22-12-6-19(4)7-13-22/h6-13,18,23H,5,14-17H2,1-4H3,(H,27,30)/t23-/m0/s1. The molecule has 0 aliphatic heterocycles. The number of carbonyl (C=O) groups excluding carboxylic acids is 2. The van der Waals surface area contributed by atoms with Gasteiger partial charge in [0.1, 0.15) is 11.9 Å². The van der Waals surface area contributed by atoms with Gasteiger partial charge < -0.3 is 10.2 Å². The zero-order valence-corrected chi connectivity index (χ0v) is 19.7. The fourth-order valence-corrected chi connectivity index (χ4v) is 4.00. The summed E-state index contributed by atoms with van der Waals surface area (Å²) in [5.74, 6) is 0.422. The molecule has 2 aromatic rings. The Morgan fingerprint density at radius 2 is 1.71 bits per heavy atom. The summed E-state index contributed by atoms with van der Waals surface area (Å²) < 4.78 is 13.3. The van der Waals surface area contributed by atoms with Crippen molar-refractivity contribution in [3.8, 4) is 0 Å². The summed E-state index contributed by atoms with van der Waals surface area (Å²) in [6.07, 6.45) is 0.843. The average molecular weight is 445 g/mol. The van der Waals surface area contributed by atoms with E-state index in [0.29, 0.717) is 31.1 Å². The van der Waals surface area contributed by atoms with Crippen molar-refractivity contribution in [1.82, 2.24) is 10.2 Å². The van der Waals surface area contributed by atoms with Gasteiger partial charge in [-0.1, -0.05) is 50.6 Å². The molecule has 6 heteroatoms. The Kier molecular flexibility index (Phi) is 10.0. The monoisotopic (exact) mass is 444 g/mol. The number of carbonyl (C=O) groups is 2. The molecule has 0 aliphatic carbocycles. The van der Waals surface area contributed by atoms with Crippen LogP contribution in [0.3, 0.4) is 0 Å². The van der Waals surface area contributed by atoms with E-state index in [9.17, 15) is 14.0 Å². The predicted molar refractivity (Wildman–Crippen MR) is 125 cm³/mol. The van der Waals surface area contributed by atoms with Crippen molar-refractivity contribution in [3.05, 3.63) is 65.5 Å². The summed E-state index contributed by atoms with van der Waals surface area (Å²) in [7, 11) is 0. The Morgan fingerprint density at radius 1 is 1.06 bits per heavy atom.